The first-order valence-corrected chi connectivity index (χ1v) is 7.03. The van der Waals surface area contributed by atoms with Gasteiger partial charge in [0.15, 0.2) is 5.82 Å². The lowest BCUT2D eigenvalue weighted by atomic mass is 10.3. The predicted molar refractivity (Wildman–Crippen MR) is 85.3 cm³/mol. The van der Waals surface area contributed by atoms with E-state index >= 15 is 0 Å². The first-order chi connectivity index (χ1) is 10.7. The third-order valence-corrected chi connectivity index (χ3v) is 2.84. The minimum Gasteiger partial charge on any atom is -0.491 e. The van der Waals surface area contributed by atoms with E-state index in [4.69, 9.17) is 22.1 Å². The molecule has 0 spiro atoms. The second kappa shape index (κ2) is 8.16. The Labute approximate surface area is 132 Å². The van der Waals surface area contributed by atoms with Crippen LogP contribution in [0.4, 0.5) is 16.3 Å². The van der Waals surface area contributed by atoms with Crippen molar-refractivity contribution < 1.29 is 9.53 Å². The van der Waals surface area contributed by atoms with Crippen molar-refractivity contribution in [3.63, 3.8) is 0 Å². The summed E-state index contributed by atoms with van der Waals surface area (Å²) in [4.78, 5) is 19.8. The molecule has 7 nitrogen and oxygen atoms in total. The van der Waals surface area contributed by atoms with E-state index in [2.05, 4.69) is 20.6 Å². The molecule has 1 aromatic carbocycles. The molecule has 2 aromatic rings. The number of amides is 2. The SMILES string of the molecule is NCCCOc1ccc(Cl)cc1NC(=O)Nc1cnccn1. The lowest BCUT2D eigenvalue weighted by Crippen LogP contribution is -2.20. The molecule has 1 heterocycles. The fourth-order valence-corrected chi connectivity index (χ4v) is 1.80. The fraction of sp³-hybridized carbons (Fsp3) is 0.214. The van der Waals surface area contributed by atoms with Gasteiger partial charge in [-0.3, -0.25) is 10.3 Å². The molecule has 1 aromatic heterocycles. The second-order valence-corrected chi connectivity index (χ2v) is 4.74. The maximum atomic E-state index is 12.0. The van der Waals surface area contributed by atoms with Gasteiger partial charge in [-0.25, -0.2) is 9.78 Å². The van der Waals surface area contributed by atoms with E-state index in [9.17, 15) is 4.79 Å². The van der Waals surface area contributed by atoms with Crippen molar-refractivity contribution in [1.29, 1.82) is 0 Å². The van der Waals surface area contributed by atoms with Crippen molar-refractivity contribution in [2.45, 2.75) is 6.42 Å². The van der Waals surface area contributed by atoms with Crippen LogP contribution in [0.1, 0.15) is 6.42 Å². The molecule has 0 aliphatic carbocycles. The summed E-state index contributed by atoms with van der Waals surface area (Å²) in [6.07, 6.45) is 5.16. The number of nitrogens with zero attached hydrogens (tertiary/aromatic N) is 2. The molecule has 2 amide bonds. The van der Waals surface area contributed by atoms with Crippen LogP contribution >= 0.6 is 11.6 Å². The van der Waals surface area contributed by atoms with Gasteiger partial charge in [0, 0.05) is 17.4 Å². The van der Waals surface area contributed by atoms with Gasteiger partial charge in [-0.2, -0.15) is 0 Å². The van der Waals surface area contributed by atoms with Crippen LogP contribution in [0.25, 0.3) is 0 Å². The number of hydrogen-bond donors (Lipinski definition) is 3. The molecule has 0 aliphatic heterocycles. The van der Waals surface area contributed by atoms with Crippen molar-refractivity contribution in [2.24, 2.45) is 5.73 Å². The van der Waals surface area contributed by atoms with Crippen LogP contribution in [0.5, 0.6) is 5.75 Å². The van der Waals surface area contributed by atoms with Crippen LogP contribution in [-0.2, 0) is 0 Å². The number of nitrogens with one attached hydrogen (secondary N) is 2. The van der Waals surface area contributed by atoms with Crippen LogP contribution in [0, 0.1) is 0 Å². The number of ether oxygens (including phenoxy) is 1. The number of hydrogen-bond acceptors (Lipinski definition) is 5. The van der Waals surface area contributed by atoms with E-state index in [0.29, 0.717) is 41.8 Å². The number of aromatic nitrogens is 2. The summed E-state index contributed by atoms with van der Waals surface area (Å²) in [5.41, 5.74) is 5.89. The van der Waals surface area contributed by atoms with E-state index in [1.54, 1.807) is 18.2 Å². The van der Waals surface area contributed by atoms with Crippen molar-refractivity contribution in [3.8, 4) is 5.75 Å². The summed E-state index contributed by atoms with van der Waals surface area (Å²) in [6, 6.07) is 4.52. The Balaban J connectivity index is 2.03. The van der Waals surface area contributed by atoms with Crippen molar-refractivity contribution in [2.75, 3.05) is 23.8 Å². The third-order valence-electron chi connectivity index (χ3n) is 2.60. The molecule has 2 rings (SSSR count). The van der Waals surface area contributed by atoms with Gasteiger partial charge < -0.3 is 15.8 Å². The molecule has 116 valence electrons. The third kappa shape index (κ3) is 4.87. The molecule has 0 fully saturated rings. The van der Waals surface area contributed by atoms with E-state index in [-0.39, 0.29) is 0 Å². The largest absolute Gasteiger partial charge is 0.491 e. The van der Waals surface area contributed by atoms with Crippen molar-refractivity contribution in [3.05, 3.63) is 41.8 Å². The zero-order chi connectivity index (χ0) is 15.8. The first kappa shape index (κ1) is 16.0. The highest BCUT2D eigenvalue weighted by molar-refractivity contribution is 6.31. The average molecular weight is 322 g/mol. The summed E-state index contributed by atoms with van der Waals surface area (Å²) in [7, 11) is 0. The van der Waals surface area contributed by atoms with Crippen LogP contribution in [0.2, 0.25) is 5.02 Å². The number of anilines is 2. The monoisotopic (exact) mass is 321 g/mol. The highest BCUT2D eigenvalue weighted by atomic mass is 35.5. The number of carbonyl (C=O) groups is 1. The zero-order valence-electron chi connectivity index (χ0n) is 11.8. The Morgan fingerprint density at radius 1 is 1.32 bits per heavy atom. The smallest absolute Gasteiger partial charge is 0.325 e. The number of rotatable bonds is 6. The zero-order valence-corrected chi connectivity index (χ0v) is 12.5. The quantitative estimate of drug-likeness (QED) is 0.709. The molecule has 0 radical (unpaired) electrons. The molecule has 0 unspecified atom stereocenters. The highest BCUT2D eigenvalue weighted by Gasteiger charge is 2.09. The van der Waals surface area contributed by atoms with Crippen LogP contribution in [0.15, 0.2) is 36.8 Å². The number of nitrogens with two attached hydrogens (primary N) is 1. The maximum Gasteiger partial charge on any atom is 0.325 e. The molecular formula is C14H16ClN5O2. The molecule has 0 aliphatic rings. The van der Waals surface area contributed by atoms with Gasteiger partial charge in [-0.05, 0) is 31.2 Å². The minimum absolute atomic E-state index is 0.340. The molecular weight excluding hydrogens is 306 g/mol. The Bertz CT molecular complexity index is 624. The Morgan fingerprint density at radius 2 is 2.18 bits per heavy atom. The van der Waals surface area contributed by atoms with E-state index in [1.165, 1.54) is 18.6 Å². The number of benzene rings is 1. The number of urea groups is 1. The Morgan fingerprint density at radius 3 is 2.91 bits per heavy atom. The van der Waals surface area contributed by atoms with Crippen molar-refractivity contribution >= 4 is 29.1 Å². The lowest BCUT2D eigenvalue weighted by molar-refractivity contribution is 0.261. The number of halogens is 1. The van der Waals surface area contributed by atoms with Gasteiger partial charge in [-0.1, -0.05) is 11.6 Å². The van der Waals surface area contributed by atoms with Crippen LogP contribution < -0.4 is 21.1 Å². The van der Waals surface area contributed by atoms with Gasteiger partial charge in [0.05, 0.1) is 18.5 Å². The molecule has 0 saturated heterocycles. The lowest BCUT2D eigenvalue weighted by Gasteiger charge is -2.13. The van der Waals surface area contributed by atoms with Gasteiger partial charge in [0.25, 0.3) is 0 Å². The van der Waals surface area contributed by atoms with E-state index < -0.39 is 6.03 Å². The fourth-order valence-electron chi connectivity index (χ4n) is 1.62. The van der Waals surface area contributed by atoms with Gasteiger partial charge in [0.1, 0.15) is 5.75 Å². The van der Waals surface area contributed by atoms with Crippen LogP contribution in [-0.4, -0.2) is 29.2 Å². The van der Waals surface area contributed by atoms with Gasteiger partial charge >= 0.3 is 6.03 Å². The van der Waals surface area contributed by atoms with Gasteiger partial charge in [-0.15, -0.1) is 0 Å². The Kier molecular flexibility index (Phi) is 5.93. The standard InChI is InChI=1S/C14H16ClN5O2/c15-10-2-3-12(22-7-1-4-16)11(8-10)19-14(21)20-13-9-17-5-6-18-13/h2-3,5-6,8-9H,1,4,7,16H2,(H2,18,19,20,21). The summed E-state index contributed by atoms with van der Waals surface area (Å²) in [6.45, 7) is 0.988. The van der Waals surface area contributed by atoms with E-state index in [1.807, 2.05) is 0 Å². The molecule has 0 bridgehead atoms. The van der Waals surface area contributed by atoms with E-state index in [0.717, 1.165) is 0 Å². The molecule has 4 N–H and O–H groups in total. The summed E-state index contributed by atoms with van der Waals surface area (Å²) in [5, 5.41) is 5.72. The normalized spacial score (nSPS) is 10.1. The first-order valence-electron chi connectivity index (χ1n) is 6.65. The van der Waals surface area contributed by atoms with Crippen LogP contribution in [0.3, 0.4) is 0 Å². The number of carbonyl (C=O) groups excluding carboxylic acids is 1. The predicted octanol–water partition coefficient (Wildman–Crippen LogP) is 2.50. The topological polar surface area (TPSA) is 102 Å². The van der Waals surface area contributed by atoms with Gasteiger partial charge in [0.2, 0.25) is 0 Å². The highest BCUT2D eigenvalue weighted by Crippen LogP contribution is 2.28. The molecule has 0 atom stereocenters. The van der Waals surface area contributed by atoms with Crippen molar-refractivity contribution in [1.82, 2.24) is 9.97 Å². The summed E-state index contributed by atoms with van der Waals surface area (Å²) < 4.78 is 5.57. The minimum atomic E-state index is -0.466. The average Bonchev–Trinajstić information content (AvgIpc) is 2.50. The Hall–Kier alpha value is -2.38. The molecule has 0 saturated carbocycles. The maximum absolute atomic E-state index is 12.0. The molecule has 8 heteroatoms. The molecule has 22 heavy (non-hydrogen) atoms. The second-order valence-electron chi connectivity index (χ2n) is 4.30. The summed E-state index contributed by atoms with van der Waals surface area (Å²) in [5.74, 6) is 0.861. The summed E-state index contributed by atoms with van der Waals surface area (Å²) >= 11 is 5.95.